The Balaban J connectivity index is 1.45. The Hall–Kier alpha value is -1.49. The van der Waals surface area contributed by atoms with Crippen LogP contribution in [0, 0.1) is 0 Å². The molecule has 120 valence electrons. The minimum atomic E-state index is 0.929. The summed E-state index contributed by atoms with van der Waals surface area (Å²) in [5, 5.41) is 2.57. The molecule has 0 fully saturated rings. The van der Waals surface area contributed by atoms with Gasteiger partial charge in [0.2, 0.25) is 0 Å². The summed E-state index contributed by atoms with van der Waals surface area (Å²) in [6.45, 7) is 1.94. The van der Waals surface area contributed by atoms with Crippen molar-refractivity contribution in [2.45, 2.75) is 17.9 Å². The van der Waals surface area contributed by atoms with Gasteiger partial charge < -0.3 is 4.90 Å². The highest BCUT2D eigenvalue weighted by atomic mass is 33.1. The highest BCUT2D eigenvalue weighted by Gasteiger charge is 2.18. The van der Waals surface area contributed by atoms with E-state index in [1.165, 1.54) is 26.8 Å². The van der Waals surface area contributed by atoms with Crippen LogP contribution in [0.5, 0.6) is 0 Å². The summed E-state index contributed by atoms with van der Waals surface area (Å²) in [6, 6.07) is 23.6. The van der Waals surface area contributed by atoms with Crippen LogP contribution in [0.15, 0.2) is 71.6 Å². The molecule has 1 nitrogen and oxygen atoms in total. The summed E-state index contributed by atoms with van der Waals surface area (Å²) in [6.07, 6.45) is 1.08. The Morgan fingerprint density at radius 1 is 0.875 bits per heavy atom. The third kappa shape index (κ3) is 3.32. The molecule has 0 amide bonds. The van der Waals surface area contributed by atoms with Gasteiger partial charge in [0.1, 0.15) is 4.32 Å². The van der Waals surface area contributed by atoms with Gasteiger partial charge in [-0.3, -0.25) is 0 Å². The number of rotatable bonds is 2. The molecule has 0 saturated carbocycles. The van der Waals surface area contributed by atoms with Crippen molar-refractivity contribution in [2.24, 2.45) is 0 Å². The fraction of sp³-hybridized carbons (Fsp3) is 0.150. The van der Waals surface area contributed by atoms with Crippen molar-refractivity contribution in [1.82, 2.24) is 4.90 Å². The van der Waals surface area contributed by atoms with E-state index in [0.29, 0.717) is 0 Å². The van der Waals surface area contributed by atoms with Crippen molar-refractivity contribution in [2.75, 3.05) is 6.54 Å². The zero-order chi connectivity index (χ0) is 16.4. The molecule has 24 heavy (non-hydrogen) atoms. The van der Waals surface area contributed by atoms with Gasteiger partial charge in [-0.15, -0.1) is 0 Å². The molecule has 1 heterocycles. The molecule has 0 saturated heterocycles. The largest absolute Gasteiger partial charge is 0.352 e. The van der Waals surface area contributed by atoms with Gasteiger partial charge in [-0.2, -0.15) is 0 Å². The van der Waals surface area contributed by atoms with E-state index in [1.807, 2.05) is 0 Å². The van der Waals surface area contributed by atoms with Crippen molar-refractivity contribution in [1.29, 1.82) is 0 Å². The minimum absolute atomic E-state index is 0.929. The molecule has 1 aliphatic rings. The maximum Gasteiger partial charge on any atom is 0.147 e. The third-order valence-electron chi connectivity index (χ3n) is 4.34. The van der Waals surface area contributed by atoms with Gasteiger partial charge in [0.15, 0.2) is 0 Å². The van der Waals surface area contributed by atoms with Gasteiger partial charge in [0, 0.05) is 18.0 Å². The number of benzene rings is 3. The summed E-state index contributed by atoms with van der Waals surface area (Å²) >= 11 is 5.69. The Bertz CT molecular complexity index is 885. The second kappa shape index (κ2) is 7.18. The quantitative estimate of drug-likeness (QED) is 0.408. The number of hydrogen-bond acceptors (Lipinski definition) is 3. The Morgan fingerprint density at radius 3 is 2.54 bits per heavy atom. The van der Waals surface area contributed by atoms with E-state index in [2.05, 4.69) is 71.6 Å². The molecule has 4 heteroatoms. The van der Waals surface area contributed by atoms with Crippen molar-refractivity contribution in [3.8, 4) is 0 Å². The standard InChI is InChI=1S/C20H17NS3/c22-20(21-13-12-15-6-1-2-8-17(15)14-21)24-23-19-11-5-9-16-7-3-4-10-18(16)19/h1-11H,12-14H2. The highest BCUT2D eigenvalue weighted by molar-refractivity contribution is 8.83. The first-order valence-corrected chi connectivity index (χ1v) is 10.5. The van der Waals surface area contributed by atoms with Crippen LogP contribution in [0.1, 0.15) is 11.1 Å². The lowest BCUT2D eigenvalue weighted by molar-refractivity contribution is 0.407. The van der Waals surface area contributed by atoms with E-state index >= 15 is 0 Å². The smallest absolute Gasteiger partial charge is 0.147 e. The molecule has 0 bridgehead atoms. The van der Waals surface area contributed by atoms with Gasteiger partial charge in [0.05, 0.1) is 0 Å². The van der Waals surface area contributed by atoms with Gasteiger partial charge in [0.25, 0.3) is 0 Å². The lowest BCUT2D eigenvalue weighted by Crippen LogP contribution is -2.32. The Morgan fingerprint density at radius 2 is 1.62 bits per heavy atom. The van der Waals surface area contributed by atoms with Gasteiger partial charge in [-0.1, -0.05) is 72.9 Å². The Kier molecular flexibility index (Phi) is 4.79. The summed E-state index contributed by atoms with van der Waals surface area (Å²) in [5.41, 5.74) is 2.87. The third-order valence-corrected chi connectivity index (χ3v) is 7.45. The van der Waals surface area contributed by atoms with Crippen molar-refractivity contribution >= 4 is 48.9 Å². The lowest BCUT2D eigenvalue weighted by atomic mass is 10.0. The molecule has 4 rings (SSSR count). The molecular weight excluding hydrogens is 350 g/mol. The molecule has 3 aromatic rings. The fourth-order valence-corrected chi connectivity index (χ4v) is 5.58. The fourth-order valence-electron chi connectivity index (χ4n) is 3.05. The molecule has 0 atom stereocenters. The van der Waals surface area contributed by atoms with Crippen molar-refractivity contribution in [3.63, 3.8) is 0 Å². The maximum atomic E-state index is 5.69. The van der Waals surface area contributed by atoms with Crippen LogP contribution in [0.3, 0.4) is 0 Å². The maximum absolute atomic E-state index is 5.69. The van der Waals surface area contributed by atoms with Crippen LogP contribution in [0.25, 0.3) is 10.8 Å². The first-order valence-electron chi connectivity index (χ1n) is 7.99. The number of hydrogen-bond donors (Lipinski definition) is 0. The number of thiocarbonyl (C=S) groups is 1. The first-order chi connectivity index (χ1) is 11.8. The van der Waals surface area contributed by atoms with E-state index in [1.54, 1.807) is 21.6 Å². The minimum Gasteiger partial charge on any atom is -0.352 e. The Labute approximate surface area is 155 Å². The normalized spacial score (nSPS) is 13.8. The van der Waals surface area contributed by atoms with Gasteiger partial charge >= 0.3 is 0 Å². The second-order valence-corrected chi connectivity index (χ2v) is 8.66. The molecule has 3 aromatic carbocycles. The van der Waals surface area contributed by atoms with Crippen LogP contribution < -0.4 is 0 Å². The van der Waals surface area contributed by atoms with Crippen LogP contribution >= 0.6 is 33.8 Å². The summed E-state index contributed by atoms with van der Waals surface area (Å²) in [4.78, 5) is 3.60. The average molecular weight is 368 g/mol. The number of fused-ring (bicyclic) bond motifs is 2. The average Bonchev–Trinajstić information content (AvgIpc) is 2.65. The molecular formula is C20H17NS3. The zero-order valence-corrected chi connectivity index (χ0v) is 15.6. The molecule has 0 unspecified atom stereocenters. The van der Waals surface area contributed by atoms with Gasteiger partial charge in [-0.05, 0) is 56.0 Å². The van der Waals surface area contributed by atoms with E-state index in [-0.39, 0.29) is 0 Å². The second-order valence-electron chi connectivity index (χ2n) is 5.85. The summed E-state index contributed by atoms with van der Waals surface area (Å²) in [5.74, 6) is 0. The molecule has 0 N–H and O–H groups in total. The van der Waals surface area contributed by atoms with E-state index in [4.69, 9.17) is 12.2 Å². The SMILES string of the molecule is S=C(SSc1cccc2ccccc12)N1CCc2ccccc2C1. The molecule has 0 spiro atoms. The monoisotopic (exact) mass is 367 g/mol. The van der Waals surface area contributed by atoms with Crippen LogP contribution in [-0.2, 0) is 13.0 Å². The summed E-state index contributed by atoms with van der Waals surface area (Å²) < 4.78 is 0.974. The predicted molar refractivity (Wildman–Crippen MR) is 111 cm³/mol. The highest BCUT2D eigenvalue weighted by Crippen LogP contribution is 2.38. The van der Waals surface area contributed by atoms with Crippen molar-refractivity contribution < 1.29 is 0 Å². The van der Waals surface area contributed by atoms with E-state index in [0.717, 1.165) is 23.8 Å². The first kappa shape index (κ1) is 16.0. The van der Waals surface area contributed by atoms with Gasteiger partial charge in [-0.25, -0.2) is 0 Å². The topological polar surface area (TPSA) is 3.24 Å². The number of nitrogens with zero attached hydrogens (tertiary/aromatic N) is 1. The van der Waals surface area contributed by atoms with Crippen LogP contribution in [-0.4, -0.2) is 15.8 Å². The van der Waals surface area contributed by atoms with E-state index in [9.17, 15) is 0 Å². The predicted octanol–water partition coefficient (Wildman–Crippen LogP) is 5.92. The lowest BCUT2D eigenvalue weighted by Gasteiger charge is -2.30. The molecule has 1 aliphatic heterocycles. The van der Waals surface area contributed by atoms with Crippen molar-refractivity contribution in [3.05, 3.63) is 77.9 Å². The molecule has 0 aliphatic carbocycles. The molecule has 0 aromatic heterocycles. The summed E-state index contributed by atoms with van der Waals surface area (Å²) in [7, 11) is 3.47. The zero-order valence-electron chi connectivity index (χ0n) is 13.1. The van der Waals surface area contributed by atoms with Crippen LogP contribution in [0.2, 0.25) is 0 Å². The molecule has 0 radical (unpaired) electrons. The van der Waals surface area contributed by atoms with Crippen LogP contribution in [0.4, 0.5) is 0 Å². The van der Waals surface area contributed by atoms with E-state index < -0.39 is 0 Å².